The molecule has 1 aliphatic heterocycles. The van der Waals surface area contributed by atoms with Gasteiger partial charge in [-0.25, -0.2) is 4.79 Å². The first-order valence-electron chi connectivity index (χ1n) is 7.32. The molecule has 0 amide bonds. The summed E-state index contributed by atoms with van der Waals surface area (Å²) in [5.74, 6) is 3.37. The summed E-state index contributed by atoms with van der Waals surface area (Å²) in [7, 11) is 1.50. The molecule has 2 heterocycles. The molecule has 21 heavy (non-hydrogen) atoms. The Labute approximate surface area is 128 Å². The van der Waals surface area contributed by atoms with E-state index >= 15 is 0 Å². The monoisotopic (exact) mass is 312 g/mol. The van der Waals surface area contributed by atoms with Crippen LogP contribution in [0.5, 0.6) is 0 Å². The normalized spacial score (nSPS) is 18.4. The summed E-state index contributed by atoms with van der Waals surface area (Å²) in [4.78, 5) is 24.4. The van der Waals surface area contributed by atoms with E-state index in [1.165, 1.54) is 17.4 Å². The molecule has 118 valence electrons. The summed E-state index contributed by atoms with van der Waals surface area (Å²) in [6.07, 6.45) is 1.16. The third-order valence-electron chi connectivity index (χ3n) is 3.72. The van der Waals surface area contributed by atoms with Gasteiger partial charge in [0.25, 0.3) is 5.56 Å². The van der Waals surface area contributed by atoms with E-state index in [9.17, 15) is 9.59 Å². The number of nitrogen functional groups attached to an aromatic ring is 1. The van der Waals surface area contributed by atoms with Crippen LogP contribution in [0.1, 0.15) is 20.3 Å². The Kier molecular flexibility index (Phi) is 5.03. The molecule has 1 fully saturated rings. The maximum Gasteiger partial charge on any atom is 0.332 e. The van der Waals surface area contributed by atoms with Crippen molar-refractivity contribution in [2.24, 2.45) is 18.9 Å². The van der Waals surface area contributed by atoms with E-state index in [1.54, 1.807) is 0 Å². The highest BCUT2D eigenvalue weighted by Crippen LogP contribution is 2.24. The number of hydrogen-bond acceptors (Lipinski definition) is 5. The first-order valence-corrected chi connectivity index (χ1v) is 8.48. The first kappa shape index (κ1) is 16.0. The van der Waals surface area contributed by atoms with E-state index in [2.05, 4.69) is 5.32 Å². The van der Waals surface area contributed by atoms with Crippen LogP contribution in [0.25, 0.3) is 0 Å². The summed E-state index contributed by atoms with van der Waals surface area (Å²) in [5.41, 5.74) is 5.73. The second kappa shape index (κ2) is 6.60. The highest BCUT2D eigenvalue weighted by Gasteiger charge is 2.19. The van der Waals surface area contributed by atoms with Crippen LogP contribution < -0.4 is 22.3 Å². The van der Waals surface area contributed by atoms with E-state index < -0.39 is 0 Å². The Hall–Kier alpha value is -1.37. The molecule has 1 atom stereocenters. The molecule has 0 bridgehead atoms. The lowest BCUT2D eigenvalue weighted by Gasteiger charge is -2.18. The van der Waals surface area contributed by atoms with Crippen molar-refractivity contribution in [3.8, 4) is 0 Å². The first-order chi connectivity index (χ1) is 9.91. The summed E-state index contributed by atoms with van der Waals surface area (Å²) in [6, 6.07) is 0. The summed E-state index contributed by atoms with van der Waals surface area (Å²) >= 11 is 1.93. The maximum absolute atomic E-state index is 12.3. The van der Waals surface area contributed by atoms with Crippen LogP contribution in [-0.4, -0.2) is 27.2 Å². The van der Waals surface area contributed by atoms with Crippen LogP contribution in [0.15, 0.2) is 9.59 Å². The van der Waals surface area contributed by atoms with Crippen molar-refractivity contribution >= 4 is 23.3 Å². The van der Waals surface area contributed by atoms with E-state index in [4.69, 9.17) is 5.73 Å². The van der Waals surface area contributed by atoms with Gasteiger partial charge < -0.3 is 11.1 Å². The van der Waals surface area contributed by atoms with Gasteiger partial charge in [0.2, 0.25) is 0 Å². The van der Waals surface area contributed by atoms with Gasteiger partial charge in [-0.05, 0) is 29.8 Å². The van der Waals surface area contributed by atoms with E-state index in [0.717, 1.165) is 23.3 Å². The van der Waals surface area contributed by atoms with Gasteiger partial charge in [0.05, 0.1) is 0 Å². The average molecular weight is 312 g/mol. The largest absolute Gasteiger partial charge is 0.383 e. The molecular weight excluding hydrogens is 288 g/mol. The number of nitrogens with one attached hydrogen (secondary N) is 1. The molecule has 0 spiro atoms. The Balaban J connectivity index is 2.32. The van der Waals surface area contributed by atoms with Crippen molar-refractivity contribution in [1.82, 2.24) is 9.13 Å². The molecule has 1 aromatic heterocycles. The Morgan fingerprint density at radius 1 is 1.43 bits per heavy atom. The van der Waals surface area contributed by atoms with Crippen LogP contribution in [0.4, 0.5) is 11.5 Å². The Bertz CT molecular complexity index is 615. The van der Waals surface area contributed by atoms with Crippen molar-refractivity contribution in [3.05, 3.63) is 20.8 Å². The van der Waals surface area contributed by atoms with Crippen molar-refractivity contribution in [1.29, 1.82) is 0 Å². The SMILES string of the molecule is CC(C)Cn1c(N)c(NCC2CCSC2)c(=O)n(C)c1=O. The fourth-order valence-corrected chi connectivity index (χ4v) is 3.77. The number of thioether (sulfide) groups is 1. The lowest BCUT2D eigenvalue weighted by molar-refractivity contribution is 0.494. The molecule has 1 aliphatic rings. The molecule has 1 unspecified atom stereocenters. The standard InChI is InChI=1S/C14H24N4O2S/c1-9(2)7-18-12(15)11(13(19)17(3)14(18)20)16-6-10-4-5-21-8-10/h9-10,16H,4-8,15H2,1-3H3. The Morgan fingerprint density at radius 3 is 2.71 bits per heavy atom. The summed E-state index contributed by atoms with van der Waals surface area (Å²) < 4.78 is 2.61. The van der Waals surface area contributed by atoms with Crippen LogP contribution >= 0.6 is 11.8 Å². The zero-order valence-corrected chi connectivity index (χ0v) is 13.7. The topological polar surface area (TPSA) is 82.0 Å². The minimum Gasteiger partial charge on any atom is -0.383 e. The molecule has 0 aromatic carbocycles. The van der Waals surface area contributed by atoms with Crippen molar-refractivity contribution in [3.63, 3.8) is 0 Å². The van der Waals surface area contributed by atoms with Gasteiger partial charge in [0.1, 0.15) is 11.5 Å². The number of anilines is 2. The van der Waals surface area contributed by atoms with Gasteiger partial charge >= 0.3 is 5.69 Å². The van der Waals surface area contributed by atoms with Gasteiger partial charge in [-0.3, -0.25) is 13.9 Å². The quantitative estimate of drug-likeness (QED) is 0.846. The van der Waals surface area contributed by atoms with E-state index in [0.29, 0.717) is 18.2 Å². The van der Waals surface area contributed by atoms with Gasteiger partial charge in [-0.1, -0.05) is 13.8 Å². The Morgan fingerprint density at radius 2 is 2.14 bits per heavy atom. The second-order valence-electron chi connectivity index (χ2n) is 6.02. The van der Waals surface area contributed by atoms with Crippen LogP contribution in [0.2, 0.25) is 0 Å². The van der Waals surface area contributed by atoms with Gasteiger partial charge in [-0.15, -0.1) is 0 Å². The highest BCUT2D eigenvalue weighted by atomic mass is 32.2. The smallest absolute Gasteiger partial charge is 0.332 e. The van der Waals surface area contributed by atoms with Crippen molar-refractivity contribution in [2.75, 3.05) is 29.1 Å². The summed E-state index contributed by atoms with van der Waals surface area (Å²) in [6.45, 7) is 5.26. The van der Waals surface area contributed by atoms with Crippen LogP contribution in [-0.2, 0) is 13.6 Å². The number of rotatable bonds is 5. The molecule has 1 aromatic rings. The predicted octanol–water partition coefficient (Wildman–Crippen LogP) is 0.950. The zero-order valence-electron chi connectivity index (χ0n) is 12.9. The second-order valence-corrected chi connectivity index (χ2v) is 7.17. The van der Waals surface area contributed by atoms with Crippen molar-refractivity contribution < 1.29 is 0 Å². The highest BCUT2D eigenvalue weighted by molar-refractivity contribution is 7.99. The van der Waals surface area contributed by atoms with Gasteiger partial charge in [0.15, 0.2) is 0 Å². The average Bonchev–Trinajstić information content (AvgIpc) is 2.94. The van der Waals surface area contributed by atoms with Crippen molar-refractivity contribution in [2.45, 2.75) is 26.8 Å². The number of aromatic nitrogens is 2. The van der Waals surface area contributed by atoms with E-state index in [-0.39, 0.29) is 23.0 Å². The molecule has 1 saturated heterocycles. The molecular formula is C14H24N4O2S. The fraction of sp³-hybridized carbons (Fsp3) is 0.714. The summed E-state index contributed by atoms with van der Waals surface area (Å²) in [5, 5.41) is 3.17. The molecule has 2 rings (SSSR count). The molecule has 3 N–H and O–H groups in total. The minimum absolute atomic E-state index is 0.252. The lowest BCUT2D eigenvalue weighted by Crippen LogP contribution is -2.41. The molecule has 0 aliphatic carbocycles. The molecule has 7 heteroatoms. The third kappa shape index (κ3) is 3.45. The van der Waals surface area contributed by atoms with Gasteiger partial charge in [-0.2, -0.15) is 11.8 Å². The number of hydrogen-bond donors (Lipinski definition) is 2. The zero-order chi connectivity index (χ0) is 15.6. The number of nitrogens with two attached hydrogens (primary N) is 1. The molecule has 6 nitrogen and oxygen atoms in total. The molecule has 0 radical (unpaired) electrons. The lowest BCUT2D eigenvalue weighted by atomic mass is 10.1. The fourth-order valence-electron chi connectivity index (χ4n) is 2.48. The minimum atomic E-state index is -0.354. The number of nitrogens with zero attached hydrogens (tertiary/aromatic N) is 2. The maximum atomic E-state index is 12.3. The third-order valence-corrected chi connectivity index (χ3v) is 4.95. The van der Waals surface area contributed by atoms with E-state index in [1.807, 2.05) is 25.6 Å². The van der Waals surface area contributed by atoms with Crippen LogP contribution in [0, 0.1) is 11.8 Å². The predicted molar refractivity (Wildman–Crippen MR) is 89.1 cm³/mol. The van der Waals surface area contributed by atoms with Crippen LogP contribution in [0.3, 0.4) is 0 Å². The molecule has 0 saturated carbocycles. The van der Waals surface area contributed by atoms with Gasteiger partial charge in [0, 0.05) is 20.1 Å².